The molecule has 2 fully saturated rings. The summed E-state index contributed by atoms with van der Waals surface area (Å²) in [6, 6.07) is 0.776. The highest BCUT2D eigenvalue weighted by Crippen LogP contribution is 2.35. The zero-order valence-electron chi connectivity index (χ0n) is 7.71. The Morgan fingerprint density at radius 1 is 1.58 bits per heavy atom. The van der Waals surface area contributed by atoms with Crippen molar-refractivity contribution in [1.29, 1.82) is 0 Å². The first-order chi connectivity index (χ1) is 5.62. The molecule has 1 aliphatic heterocycles. The topological polar surface area (TPSA) is 23.5 Å². The Labute approximate surface area is 73.9 Å². The van der Waals surface area contributed by atoms with Gasteiger partial charge in [-0.05, 0) is 31.8 Å². The minimum absolute atomic E-state index is 0.581. The fourth-order valence-electron chi connectivity index (χ4n) is 1.92. The molecule has 1 unspecified atom stereocenters. The smallest absolute Gasteiger partial charge is 0.0990 e. The molecule has 0 aromatic carbocycles. The first-order valence-electron chi connectivity index (χ1n) is 4.74. The van der Waals surface area contributed by atoms with Crippen LogP contribution in [0.15, 0.2) is 12.2 Å². The van der Waals surface area contributed by atoms with Crippen LogP contribution in [-0.4, -0.2) is 34.7 Å². The number of aliphatic hydroxyl groups is 1. The minimum Gasteiger partial charge on any atom is -0.384 e. The van der Waals surface area contributed by atoms with Crippen molar-refractivity contribution in [1.82, 2.24) is 4.90 Å². The highest BCUT2D eigenvalue weighted by atomic mass is 16.3. The Morgan fingerprint density at radius 2 is 2.25 bits per heavy atom. The minimum atomic E-state index is -0.581. The van der Waals surface area contributed by atoms with Crippen LogP contribution in [0.5, 0.6) is 0 Å². The summed E-state index contributed by atoms with van der Waals surface area (Å²) in [6.45, 7) is 7.64. The third-order valence-electron chi connectivity index (χ3n) is 3.13. The third-order valence-corrected chi connectivity index (χ3v) is 3.13. The number of hydrogen-bond acceptors (Lipinski definition) is 2. The first kappa shape index (κ1) is 8.27. The Balaban J connectivity index is 1.99. The van der Waals surface area contributed by atoms with Crippen molar-refractivity contribution in [2.75, 3.05) is 13.1 Å². The van der Waals surface area contributed by atoms with Gasteiger partial charge < -0.3 is 5.11 Å². The highest BCUT2D eigenvalue weighted by Gasteiger charge is 2.42. The number of nitrogens with zero attached hydrogens (tertiary/aromatic N) is 1. The van der Waals surface area contributed by atoms with E-state index in [1.165, 1.54) is 12.8 Å². The van der Waals surface area contributed by atoms with Crippen LogP contribution in [0.25, 0.3) is 0 Å². The average molecular weight is 167 g/mol. The van der Waals surface area contributed by atoms with Crippen LogP contribution in [0.2, 0.25) is 0 Å². The molecule has 1 aliphatic carbocycles. The van der Waals surface area contributed by atoms with Crippen LogP contribution in [0.3, 0.4) is 0 Å². The summed E-state index contributed by atoms with van der Waals surface area (Å²) in [5.74, 6) is 0. The molecule has 2 rings (SSSR count). The second-order valence-electron chi connectivity index (χ2n) is 4.26. The van der Waals surface area contributed by atoms with Crippen molar-refractivity contribution in [3.8, 4) is 0 Å². The van der Waals surface area contributed by atoms with E-state index in [-0.39, 0.29) is 0 Å². The molecule has 1 heterocycles. The van der Waals surface area contributed by atoms with Crippen molar-refractivity contribution >= 4 is 0 Å². The Kier molecular flexibility index (Phi) is 1.77. The van der Waals surface area contributed by atoms with E-state index in [1.807, 2.05) is 6.92 Å². The van der Waals surface area contributed by atoms with E-state index in [2.05, 4.69) is 11.5 Å². The molecular formula is C10H17NO. The second-order valence-corrected chi connectivity index (χ2v) is 4.26. The van der Waals surface area contributed by atoms with Gasteiger partial charge in [0.05, 0.1) is 5.60 Å². The zero-order valence-corrected chi connectivity index (χ0v) is 7.71. The van der Waals surface area contributed by atoms with Crippen LogP contribution in [0.1, 0.15) is 26.2 Å². The molecule has 1 saturated heterocycles. The van der Waals surface area contributed by atoms with E-state index in [9.17, 15) is 5.11 Å². The molecule has 0 aromatic heterocycles. The summed E-state index contributed by atoms with van der Waals surface area (Å²) in [4.78, 5) is 2.40. The summed E-state index contributed by atoms with van der Waals surface area (Å²) in [6.07, 6.45) is 3.53. The van der Waals surface area contributed by atoms with Crippen molar-refractivity contribution in [3.63, 3.8) is 0 Å². The number of hydrogen-bond donors (Lipinski definition) is 1. The fraction of sp³-hybridized carbons (Fsp3) is 0.800. The van der Waals surface area contributed by atoms with Crippen molar-refractivity contribution in [3.05, 3.63) is 12.2 Å². The highest BCUT2D eigenvalue weighted by molar-refractivity contribution is 5.14. The van der Waals surface area contributed by atoms with Crippen molar-refractivity contribution in [2.24, 2.45) is 0 Å². The van der Waals surface area contributed by atoms with Gasteiger partial charge in [0.1, 0.15) is 0 Å². The van der Waals surface area contributed by atoms with Crippen LogP contribution in [0.4, 0.5) is 0 Å². The molecular weight excluding hydrogens is 150 g/mol. The monoisotopic (exact) mass is 167 g/mol. The third kappa shape index (κ3) is 1.29. The molecule has 0 bridgehead atoms. The molecule has 12 heavy (non-hydrogen) atoms. The molecule has 2 aliphatic rings. The van der Waals surface area contributed by atoms with E-state index in [0.717, 1.165) is 31.1 Å². The van der Waals surface area contributed by atoms with E-state index >= 15 is 0 Å². The van der Waals surface area contributed by atoms with E-state index in [1.54, 1.807) is 0 Å². The van der Waals surface area contributed by atoms with Gasteiger partial charge in [-0.1, -0.05) is 6.58 Å². The van der Waals surface area contributed by atoms with Gasteiger partial charge >= 0.3 is 0 Å². The number of rotatable bonds is 2. The van der Waals surface area contributed by atoms with Gasteiger partial charge in [-0.15, -0.1) is 0 Å². The summed E-state index contributed by atoms with van der Waals surface area (Å²) in [7, 11) is 0. The number of β-amino-alcohol motifs (C(OH)–C–C–N with tert-alkyl or cyclic N) is 1. The molecule has 0 radical (unpaired) electrons. The van der Waals surface area contributed by atoms with E-state index < -0.39 is 5.60 Å². The molecule has 1 saturated carbocycles. The van der Waals surface area contributed by atoms with Crippen molar-refractivity contribution < 1.29 is 5.11 Å². The lowest BCUT2D eigenvalue weighted by molar-refractivity contribution is 0.0855. The van der Waals surface area contributed by atoms with Crippen LogP contribution < -0.4 is 0 Å². The molecule has 1 N–H and O–H groups in total. The summed E-state index contributed by atoms with van der Waals surface area (Å²) in [5.41, 5.74) is 0.341. The summed E-state index contributed by atoms with van der Waals surface area (Å²) >= 11 is 0. The molecule has 2 nitrogen and oxygen atoms in total. The van der Waals surface area contributed by atoms with E-state index in [4.69, 9.17) is 0 Å². The summed E-state index contributed by atoms with van der Waals surface area (Å²) in [5, 5.41) is 10.1. The molecule has 0 spiro atoms. The van der Waals surface area contributed by atoms with Gasteiger partial charge in [-0.2, -0.15) is 0 Å². The standard InChI is InChI=1S/C10H17NO/c1-8(2)10(12)5-6-11(7-10)9-3-4-9/h9,12H,1,3-7H2,2H3. The number of likely N-dealkylation sites (tertiary alicyclic amines) is 1. The maximum Gasteiger partial charge on any atom is 0.0990 e. The lowest BCUT2D eigenvalue weighted by Gasteiger charge is -2.23. The van der Waals surface area contributed by atoms with E-state index in [0.29, 0.717) is 0 Å². The molecule has 68 valence electrons. The SMILES string of the molecule is C=C(C)C1(O)CCN(C2CC2)C1. The van der Waals surface area contributed by atoms with Gasteiger partial charge in [0, 0.05) is 19.1 Å². The fourth-order valence-corrected chi connectivity index (χ4v) is 1.92. The Morgan fingerprint density at radius 3 is 2.67 bits per heavy atom. The Bertz CT molecular complexity index is 210. The molecule has 2 heteroatoms. The maximum absolute atomic E-state index is 10.1. The average Bonchev–Trinajstić information content (AvgIpc) is 2.76. The lowest BCUT2D eigenvalue weighted by atomic mass is 9.96. The van der Waals surface area contributed by atoms with Gasteiger partial charge in [0.25, 0.3) is 0 Å². The summed E-state index contributed by atoms with van der Waals surface area (Å²) < 4.78 is 0. The predicted molar refractivity (Wildman–Crippen MR) is 49.0 cm³/mol. The van der Waals surface area contributed by atoms with Gasteiger partial charge in [-0.25, -0.2) is 0 Å². The molecule has 0 aromatic rings. The van der Waals surface area contributed by atoms with Crippen LogP contribution in [-0.2, 0) is 0 Å². The molecule has 0 amide bonds. The van der Waals surface area contributed by atoms with Crippen molar-refractivity contribution in [2.45, 2.75) is 37.8 Å². The molecule has 1 atom stereocenters. The van der Waals surface area contributed by atoms with Gasteiger partial charge in [0.15, 0.2) is 0 Å². The largest absolute Gasteiger partial charge is 0.384 e. The first-order valence-corrected chi connectivity index (χ1v) is 4.74. The zero-order chi connectivity index (χ0) is 8.77. The lowest BCUT2D eigenvalue weighted by Crippen LogP contribution is -2.34. The van der Waals surface area contributed by atoms with Crippen LogP contribution >= 0.6 is 0 Å². The quantitative estimate of drug-likeness (QED) is 0.624. The maximum atomic E-state index is 10.1. The second kappa shape index (κ2) is 2.57. The van der Waals surface area contributed by atoms with Gasteiger partial charge in [-0.3, -0.25) is 4.90 Å². The normalized spacial score (nSPS) is 37.2. The predicted octanol–water partition coefficient (Wildman–Crippen LogP) is 1.16. The van der Waals surface area contributed by atoms with Gasteiger partial charge in [0.2, 0.25) is 0 Å². The van der Waals surface area contributed by atoms with Crippen LogP contribution in [0, 0.1) is 0 Å². The Hall–Kier alpha value is -0.340.